The van der Waals surface area contributed by atoms with Crippen LogP contribution in [0.5, 0.6) is 0 Å². The Morgan fingerprint density at radius 3 is 2.64 bits per heavy atom. The normalized spacial score (nSPS) is 14.2. The second-order valence-corrected chi connectivity index (χ2v) is 7.61. The SMILES string of the molecule is CN(C)CCN(Cc1cccnc1)C(=O)Nc1cccc(N2CCCCC2)c1. The number of anilines is 2. The second kappa shape index (κ2) is 10.1. The minimum absolute atomic E-state index is 0.0819. The van der Waals surface area contributed by atoms with E-state index in [1.54, 1.807) is 6.20 Å². The van der Waals surface area contributed by atoms with Crippen molar-refractivity contribution in [2.45, 2.75) is 25.8 Å². The Morgan fingerprint density at radius 1 is 1.11 bits per heavy atom. The van der Waals surface area contributed by atoms with E-state index in [0.717, 1.165) is 30.9 Å². The van der Waals surface area contributed by atoms with Crippen LogP contribution < -0.4 is 10.2 Å². The summed E-state index contributed by atoms with van der Waals surface area (Å²) in [6, 6.07) is 12.0. The fraction of sp³-hybridized carbons (Fsp3) is 0.455. The maximum Gasteiger partial charge on any atom is 0.322 e. The van der Waals surface area contributed by atoms with Gasteiger partial charge in [0.2, 0.25) is 0 Å². The molecule has 3 rings (SSSR count). The Balaban J connectivity index is 1.68. The molecule has 2 heterocycles. The summed E-state index contributed by atoms with van der Waals surface area (Å²) >= 11 is 0. The number of carbonyl (C=O) groups is 1. The van der Waals surface area contributed by atoms with E-state index in [-0.39, 0.29) is 6.03 Å². The summed E-state index contributed by atoms with van der Waals surface area (Å²) in [5.41, 5.74) is 3.05. The third-order valence-electron chi connectivity index (χ3n) is 5.02. The number of aromatic nitrogens is 1. The van der Waals surface area contributed by atoms with Crippen molar-refractivity contribution in [3.8, 4) is 0 Å². The van der Waals surface area contributed by atoms with Gasteiger partial charge in [0.05, 0.1) is 0 Å². The Labute approximate surface area is 168 Å². The quantitative estimate of drug-likeness (QED) is 0.795. The minimum atomic E-state index is -0.0819. The van der Waals surface area contributed by atoms with Crippen LogP contribution in [0.3, 0.4) is 0 Å². The summed E-state index contributed by atoms with van der Waals surface area (Å²) in [6.45, 7) is 4.18. The Kier molecular flexibility index (Phi) is 7.25. The van der Waals surface area contributed by atoms with E-state index in [4.69, 9.17) is 0 Å². The van der Waals surface area contributed by atoms with E-state index < -0.39 is 0 Å². The van der Waals surface area contributed by atoms with Crippen LogP contribution in [0.15, 0.2) is 48.8 Å². The molecular formula is C22H31N5O. The van der Waals surface area contributed by atoms with Crippen molar-refractivity contribution in [3.63, 3.8) is 0 Å². The topological polar surface area (TPSA) is 51.7 Å². The van der Waals surface area contributed by atoms with Gasteiger partial charge in [0.1, 0.15) is 0 Å². The molecule has 0 atom stereocenters. The highest BCUT2D eigenvalue weighted by Crippen LogP contribution is 2.23. The van der Waals surface area contributed by atoms with Gasteiger partial charge >= 0.3 is 6.03 Å². The number of amides is 2. The Hall–Kier alpha value is -2.60. The molecule has 6 nitrogen and oxygen atoms in total. The number of pyridine rings is 1. The average molecular weight is 382 g/mol. The predicted molar refractivity (Wildman–Crippen MR) is 115 cm³/mol. The predicted octanol–water partition coefficient (Wildman–Crippen LogP) is 3.67. The zero-order valence-electron chi connectivity index (χ0n) is 17.0. The van der Waals surface area contributed by atoms with Crippen molar-refractivity contribution < 1.29 is 4.79 Å². The standard InChI is InChI=1S/C22H31N5O/c1-25(2)14-15-27(18-19-8-7-11-23-17-19)22(28)24-20-9-6-10-21(16-20)26-12-4-3-5-13-26/h6-11,16-17H,3-5,12-15,18H2,1-2H3,(H,24,28). The van der Waals surface area contributed by atoms with Crippen LogP contribution in [-0.2, 0) is 6.54 Å². The van der Waals surface area contributed by atoms with Gasteiger partial charge in [-0.3, -0.25) is 4.98 Å². The maximum atomic E-state index is 13.0. The van der Waals surface area contributed by atoms with E-state index in [9.17, 15) is 4.79 Å². The van der Waals surface area contributed by atoms with Gasteiger partial charge in [0.25, 0.3) is 0 Å². The van der Waals surface area contributed by atoms with Crippen molar-refractivity contribution in [1.82, 2.24) is 14.8 Å². The lowest BCUT2D eigenvalue weighted by Gasteiger charge is -2.29. The van der Waals surface area contributed by atoms with Gasteiger partial charge in [0, 0.05) is 56.5 Å². The molecule has 6 heteroatoms. The summed E-state index contributed by atoms with van der Waals surface area (Å²) in [4.78, 5) is 23.5. The number of carbonyl (C=O) groups excluding carboxylic acids is 1. The summed E-state index contributed by atoms with van der Waals surface area (Å²) in [5.74, 6) is 0. The highest BCUT2D eigenvalue weighted by Gasteiger charge is 2.16. The number of piperidine rings is 1. The van der Waals surface area contributed by atoms with Gasteiger partial charge in [-0.15, -0.1) is 0 Å². The van der Waals surface area contributed by atoms with Crippen LogP contribution >= 0.6 is 0 Å². The Morgan fingerprint density at radius 2 is 1.93 bits per heavy atom. The van der Waals surface area contributed by atoms with E-state index in [0.29, 0.717) is 13.1 Å². The van der Waals surface area contributed by atoms with E-state index in [1.807, 2.05) is 49.5 Å². The van der Waals surface area contributed by atoms with Gasteiger partial charge in [-0.25, -0.2) is 4.79 Å². The van der Waals surface area contributed by atoms with E-state index in [2.05, 4.69) is 32.2 Å². The van der Waals surface area contributed by atoms with Gasteiger partial charge < -0.3 is 20.0 Å². The molecule has 0 bridgehead atoms. The summed E-state index contributed by atoms with van der Waals surface area (Å²) in [5, 5.41) is 3.09. The molecule has 2 aromatic rings. The first-order valence-corrected chi connectivity index (χ1v) is 10.1. The smallest absolute Gasteiger partial charge is 0.322 e. The number of rotatable bonds is 7. The van der Waals surface area contributed by atoms with Crippen LogP contribution in [0.4, 0.5) is 16.2 Å². The van der Waals surface area contributed by atoms with Gasteiger partial charge in [-0.05, 0) is 63.2 Å². The monoisotopic (exact) mass is 381 g/mol. The summed E-state index contributed by atoms with van der Waals surface area (Å²) < 4.78 is 0. The largest absolute Gasteiger partial charge is 0.371 e. The molecular weight excluding hydrogens is 350 g/mol. The lowest BCUT2D eigenvalue weighted by Crippen LogP contribution is -2.39. The van der Waals surface area contributed by atoms with Crippen molar-refractivity contribution in [2.24, 2.45) is 0 Å². The third-order valence-corrected chi connectivity index (χ3v) is 5.02. The lowest BCUT2D eigenvalue weighted by atomic mass is 10.1. The number of hydrogen-bond acceptors (Lipinski definition) is 4. The van der Waals surface area contributed by atoms with Crippen molar-refractivity contribution in [3.05, 3.63) is 54.4 Å². The van der Waals surface area contributed by atoms with Crippen LogP contribution in [-0.4, -0.2) is 61.1 Å². The fourth-order valence-corrected chi connectivity index (χ4v) is 3.42. The molecule has 1 N–H and O–H groups in total. The van der Waals surface area contributed by atoms with Crippen LogP contribution in [0.25, 0.3) is 0 Å². The first-order chi connectivity index (χ1) is 13.6. The molecule has 0 aliphatic carbocycles. The lowest BCUT2D eigenvalue weighted by molar-refractivity contribution is 0.202. The zero-order chi connectivity index (χ0) is 19.8. The van der Waals surface area contributed by atoms with E-state index in [1.165, 1.54) is 24.9 Å². The Bertz CT molecular complexity index is 744. The summed E-state index contributed by atoms with van der Waals surface area (Å²) in [7, 11) is 4.03. The molecule has 0 radical (unpaired) electrons. The first kappa shape index (κ1) is 20.1. The highest BCUT2D eigenvalue weighted by molar-refractivity contribution is 5.90. The first-order valence-electron chi connectivity index (χ1n) is 10.1. The molecule has 1 saturated heterocycles. The highest BCUT2D eigenvalue weighted by atomic mass is 16.2. The molecule has 0 saturated carbocycles. The van der Waals surface area contributed by atoms with Crippen molar-refractivity contribution >= 4 is 17.4 Å². The number of nitrogens with one attached hydrogen (secondary N) is 1. The molecule has 1 aromatic carbocycles. The molecule has 1 fully saturated rings. The minimum Gasteiger partial charge on any atom is -0.371 e. The van der Waals surface area contributed by atoms with Gasteiger partial charge in [0.15, 0.2) is 0 Å². The number of hydrogen-bond donors (Lipinski definition) is 1. The average Bonchev–Trinajstić information content (AvgIpc) is 2.72. The molecule has 1 aromatic heterocycles. The zero-order valence-corrected chi connectivity index (χ0v) is 17.0. The van der Waals surface area contributed by atoms with Crippen molar-refractivity contribution in [2.75, 3.05) is 50.5 Å². The number of nitrogens with zero attached hydrogens (tertiary/aromatic N) is 4. The fourth-order valence-electron chi connectivity index (χ4n) is 3.42. The number of benzene rings is 1. The molecule has 2 amide bonds. The van der Waals surface area contributed by atoms with Gasteiger partial charge in [-0.1, -0.05) is 12.1 Å². The maximum absolute atomic E-state index is 13.0. The molecule has 150 valence electrons. The number of likely N-dealkylation sites (N-methyl/N-ethyl adjacent to an activating group) is 1. The van der Waals surface area contributed by atoms with Crippen LogP contribution in [0.2, 0.25) is 0 Å². The van der Waals surface area contributed by atoms with Crippen LogP contribution in [0, 0.1) is 0 Å². The van der Waals surface area contributed by atoms with Crippen molar-refractivity contribution in [1.29, 1.82) is 0 Å². The van der Waals surface area contributed by atoms with Gasteiger partial charge in [-0.2, -0.15) is 0 Å². The van der Waals surface area contributed by atoms with E-state index >= 15 is 0 Å². The summed E-state index contributed by atoms with van der Waals surface area (Å²) in [6.07, 6.45) is 7.34. The molecule has 1 aliphatic heterocycles. The third kappa shape index (κ3) is 5.96. The molecule has 1 aliphatic rings. The van der Waals surface area contributed by atoms with Crippen LogP contribution in [0.1, 0.15) is 24.8 Å². The molecule has 0 spiro atoms. The molecule has 0 unspecified atom stereocenters. The number of urea groups is 1. The molecule has 28 heavy (non-hydrogen) atoms. The second-order valence-electron chi connectivity index (χ2n) is 7.61.